The predicted octanol–water partition coefficient (Wildman–Crippen LogP) is 1.11. The van der Waals surface area contributed by atoms with Crippen molar-refractivity contribution in [3.05, 3.63) is 0 Å². The molecule has 0 aromatic heterocycles. The first-order valence-electron chi connectivity index (χ1n) is 8.98. The molecule has 136 valence electrons. The number of urea groups is 1. The van der Waals surface area contributed by atoms with Crippen LogP contribution in [0, 0.1) is 5.92 Å². The van der Waals surface area contributed by atoms with Gasteiger partial charge < -0.3 is 20.6 Å². The van der Waals surface area contributed by atoms with Gasteiger partial charge in [0, 0.05) is 45.3 Å². The molecule has 1 rings (SSSR count). The van der Waals surface area contributed by atoms with Crippen LogP contribution < -0.4 is 10.6 Å². The molecule has 1 atom stereocenters. The molecule has 23 heavy (non-hydrogen) atoms. The van der Waals surface area contributed by atoms with Crippen molar-refractivity contribution in [2.45, 2.75) is 52.2 Å². The molecule has 0 aliphatic carbocycles. The van der Waals surface area contributed by atoms with Gasteiger partial charge in [-0.05, 0) is 25.8 Å². The lowest BCUT2D eigenvalue weighted by Crippen LogP contribution is -2.55. The third kappa shape index (κ3) is 6.65. The Hall–Kier alpha value is -0.850. The zero-order valence-electron chi connectivity index (χ0n) is 15.6. The second-order valence-electron chi connectivity index (χ2n) is 7.15. The van der Waals surface area contributed by atoms with E-state index in [0.717, 1.165) is 26.2 Å². The molecule has 0 aromatic rings. The van der Waals surface area contributed by atoms with Crippen LogP contribution in [0.4, 0.5) is 4.79 Å². The summed E-state index contributed by atoms with van der Waals surface area (Å²) in [4.78, 5) is 16.8. The number of nitrogens with zero attached hydrogens (tertiary/aromatic N) is 2. The maximum atomic E-state index is 12.0. The molecular weight excluding hydrogens is 292 g/mol. The number of hydrogen-bond acceptors (Lipinski definition) is 4. The van der Waals surface area contributed by atoms with Crippen molar-refractivity contribution < 1.29 is 9.90 Å². The summed E-state index contributed by atoms with van der Waals surface area (Å²) in [6, 6.07) is 0.163. The molecule has 1 heterocycles. The number of nitrogens with one attached hydrogen (secondary N) is 2. The van der Waals surface area contributed by atoms with E-state index >= 15 is 0 Å². The fourth-order valence-corrected chi connectivity index (χ4v) is 2.94. The zero-order chi connectivity index (χ0) is 17.5. The first-order valence-corrected chi connectivity index (χ1v) is 8.98. The Morgan fingerprint density at radius 2 is 1.70 bits per heavy atom. The van der Waals surface area contributed by atoms with E-state index in [4.69, 9.17) is 0 Å². The van der Waals surface area contributed by atoms with Gasteiger partial charge in [0.1, 0.15) is 0 Å². The van der Waals surface area contributed by atoms with Crippen molar-refractivity contribution in [3.8, 4) is 0 Å². The average Bonchev–Trinajstić information content (AvgIpc) is 2.54. The van der Waals surface area contributed by atoms with Crippen molar-refractivity contribution in [1.29, 1.82) is 0 Å². The summed E-state index contributed by atoms with van der Waals surface area (Å²) in [5.41, 5.74) is -0.799. The van der Waals surface area contributed by atoms with E-state index in [0.29, 0.717) is 37.9 Å². The van der Waals surface area contributed by atoms with Crippen LogP contribution in [0.5, 0.6) is 0 Å². The Bertz CT molecular complexity index is 351. The molecule has 0 saturated carbocycles. The molecule has 3 N–H and O–H groups in total. The van der Waals surface area contributed by atoms with E-state index in [-0.39, 0.29) is 6.03 Å². The first kappa shape index (κ1) is 20.2. The van der Waals surface area contributed by atoms with E-state index in [1.54, 1.807) is 0 Å². The largest absolute Gasteiger partial charge is 0.388 e. The number of amides is 2. The molecule has 6 nitrogen and oxygen atoms in total. The Labute approximate surface area is 141 Å². The van der Waals surface area contributed by atoms with Crippen LogP contribution in [-0.4, -0.2) is 78.9 Å². The quantitative estimate of drug-likeness (QED) is 0.624. The number of piperazine rings is 1. The summed E-state index contributed by atoms with van der Waals surface area (Å²) in [5, 5.41) is 16.0. The normalized spacial score (nSPS) is 18.9. The second kappa shape index (κ2) is 9.45. The third-order valence-corrected chi connectivity index (χ3v) is 5.14. The molecule has 1 aliphatic rings. The van der Waals surface area contributed by atoms with Crippen molar-refractivity contribution in [2.24, 2.45) is 5.92 Å². The number of carbonyl (C=O) groups is 1. The van der Waals surface area contributed by atoms with Gasteiger partial charge in [0.25, 0.3) is 0 Å². The fourth-order valence-electron chi connectivity index (χ4n) is 2.94. The Morgan fingerprint density at radius 1 is 1.13 bits per heavy atom. The summed E-state index contributed by atoms with van der Waals surface area (Å²) in [5.74, 6) is 0.488. The lowest BCUT2D eigenvalue weighted by Gasteiger charge is -2.40. The minimum Gasteiger partial charge on any atom is -0.388 e. The summed E-state index contributed by atoms with van der Waals surface area (Å²) in [7, 11) is 2.15. The smallest absolute Gasteiger partial charge is 0.314 e. The van der Waals surface area contributed by atoms with E-state index in [1.165, 1.54) is 0 Å². The van der Waals surface area contributed by atoms with Gasteiger partial charge >= 0.3 is 6.03 Å². The van der Waals surface area contributed by atoms with Crippen LogP contribution in [0.15, 0.2) is 0 Å². The Kier molecular flexibility index (Phi) is 8.29. The SMILES string of the molecule is CCC(O)(CC)CNC(=O)NCC(C(C)C)N1CCN(C)CC1. The molecule has 1 fully saturated rings. The maximum absolute atomic E-state index is 12.0. The first-order chi connectivity index (χ1) is 10.8. The number of hydrogen-bond donors (Lipinski definition) is 3. The van der Waals surface area contributed by atoms with Gasteiger partial charge in [-0.15, -0.1) is 0 Å². The van der Waals surface area contributed by atoms with Crippen LogP contribution in [0.3, 0.4) is 0 Å². The van der Waals surface area contributed by atoms with E-state index in [9.17, 15) is 9.90 Å². The summed E-state index contributed by atoms with van der Waals surface area (Å²) >= 11 is 0. The van der Waals surface area contributed by atoms with E-state index in [2.05, 4.69) is 41.3 Å². The summed E-state index contributed by atoms with van der Waals surface area (Å²) in [6.07, 6.45) is 1.28. The average molecular weight is 329 g/mol. The van der Waals surface area contributed by atoms with Crippen LogP contribution in [0.2, 0.25) is 0 Å². The number of carbonyl (C=O) groups excluding carboxylic acids is 1. The van der Waals surface area contributed by atoms with Gasteiger partial charge in [0.05, 0.1) is 5.60 Å². The lowest BCUT2D eigenvalue weighted by molar-refractivity contribution is 0.0347. The number of aliphatic hydroxyl groups is 1. The van der Waals surface area contributed by atoms with Crippen molar-refractivity contribution >= 4 is 6.03 Å². The molecule has 1 saturated heterocycles. The number of rotatable bonds is 8. The molecule has 2 amide bonds. The Morgan fingerprint density at radius 3 is 2.17 bits per heavy atom. The molecule has 0 spiro atoms. The van der Waals surface area contributed by atoms with Gasteiger partial charge in [-0.2, -0.15) is 0 Å². The minimum absolute atomic E-state index is 0.190. The van der Waals surface area contributed by atoms with Crippen LogP contribution in [0.25, 0.3) is 0 Å². The molecule has 6 heteroatoms. The summed E-state index contributed by atoms with van der Waals surface area (Å²) < 4.78 is 0. The standard InChI is InChI=1S/C17H36N4O2/c1-6-17(23,7-2)13-19-16(22)18-12-15(14(3)4)21-10-8-20(5)9-11-21/h14-15,23H,6-13H2,1-5H3,(H2,18,19,22). The van der Waals surface area contributed by atoms with Gasteiger partial charge in [0.2, 0.25) is 0 Å². The molecule has 0 bridgehead atoms. The molecule has 0 aromatic carbocycles. The van der Waals surface area contributed by atoms with Gasteiger partial charge in [0.15, 0.2) is 0 Å². The lowest BCUT2D eigenvalue weighted by atomic mass is 9.98. The highest BCUT2D eigenvalue weighted by Gasteiger charge is 2.26. The topological polar surface area (TPSA) is 67.8 Å². The molecule has 1 unspecified atom stereocenters. The summed E-state index contributed by atoms with van der Waals surface area (Å²) in [6.45, 7) is 13.5. The van der Waals surface area contributed by atoms with Gasteiger partial charge in [-0.25, -0.2) is 4.79 Å². The number of likely N-dealkylation sites (N-methyl/N-ethyl adjacent to an activating group) is 1. The zero-order valence-corrected chi connectivity index (χ0v) is 15.6. The van der Waals surface area contributed by atoms with E-state index in [1.807, 2.05) is 13.8 Å². The molecule has 0 radical (unpaired) electrons. The predicted molar refractivity (Wildman–Crippen MR) is 94.6 cm³/mol. The highest BCUT2D eigenvalue weighted by atomic mass is 16.3. The Balaban J connectivity index is 2.41. The van der Waals surface area contributed by atoms with Gasteiger partial charge in [-0.3, -0.25) is 4.90 Å². The van der Waals surface area contributed by atoms with Crippen LogP contribution >= 0.6 is 0 Å². The van der Waals surface area contributed by atoms with Crippen LogP contribution in [0.1, 0.15) is 40.5 Å². The third-order valence-electron chi connectivity index (χ3n) is 5.14. The second-order valence-corrected chi connectivity index (χ2v) is 7.15. The maximum Gasteiger partial charge on any atom is 0.314 e. The minimum atomic E-state index is -0.799. The van der Waals surface area contributed by atoms with Crippen molar-refractivity contribution in [2.75, 3.05) is 46.3 Å². The van der Waals surface area contributed by atoms with Gasteiger partial charge in [-0.1, -0.05) is 27.7 Å². The fraction of sp³-hybridized carbons (Fsp3) is 0.941. The van der Waals surface area contributed by atoms with Crippen molar-refractivity contribution in [1.82, 2.24) is 20.4 Å². The van der Waals surface area contributed by atoms with E-state index < -0.39 is 5.60 Å². The monoisotopic (exact) mass is 328 g/mol. The molecule has 1 aliphatic heterocycles. The van der Waals surface area contributed by atoms with Crippen molar-refractivity contribution in [3.63, 3.8) is 0 Å². The highest BCUT2D eigenvalue weighted by molar-refractivity contribution is 5.73. The van der Waals surface area contributed by atoms with Crippen LogP contribution in [-0.2, 0) is 0 Å². The molecular formula is C17H36N4O2. The highest BCUT2D eigenvalue weighted by Crippen LogP contribution is 2.14.